The number of benzene rings is 1. The number of carbonyl (C=O) groups excluding carboxylic acids is 1. The van der Waals surface area contributed by atoms with E-state index in [0.717, 1.165) is 25.0 Å². The van der Waals surface area contributed by atoms with Crippen LogP contribution in [0.15, 0.2) is 34.8 Å². The predicted octanol–water partition coefficient (Wildman–Crippen LogP) is 3.55. The fourth-order valence-electron chi connectivity index (χ4n) is 2.61. The van der Waals surface area contributed by atoms with Crippen molar-refractivity contribution in [1.29, 1.82) is 5.26 Å². The first-order valence-corrected chi connectivity index (χ1v) is 8.39. The molecule has 0 atom stereocenters. The molecule has 1 aromatic carbocycles. The maximum absolute atomic E-state index is 12.8. The van der Waals surface area contributed by atoms with Gasteiger partial charge in [0.1, 0.15) is 6.07 Å². The van der Waals surface area contributed by atoms with Gasteiger partial charge in [0.15, 0.2) is 4.80 Å². The van der Waals surface area contributed by atoms with E-state index in [0.29, 0.717) is 17.9 Å². The largest absolute Gasteiger partial charge is 0.416 e. The highest BCUT2D eigenvalue weighted by Crippen LogP contribution is 2.31. The molecule has 0 aliphatic carbocycles. The van der Waals surface area contributed by atoms with Crippen LogP contribution in [0, 0.1) is 11.3 Å². The molecule has 2 amide bonds. The summed E-state index contributed by atoms with van der Waals surface area (Å²) >= 11 is 1.18. The van der Waals surface area contributed by atoms with Crippen LogP contribution < -0.4 is 4.80 Å². The molecule has 0 spiro atoms. The number of hydrogen-bond acceptors (Lipinski definition) is 3. The summed E-state index contributed by atoms with van der Waals surface area (Å²) in [6, 6.07) is 4.33. The van der Waals surface area contributed by atoms with Gasteiger partial charge in [-0.15, -0.1) is 11.3 Å². The van der Waals surface area contributed by atoms with Gasteiger partial charge in [0.05, 0.1) is 16.8 Å². The average molecular weight is 366 g/mol. The number of alkyl halides is 3. The molecule has 1 aliphatic heterocycles. The lowest BCUT2D eigenvalue weighted by atomic mass is 10.1. The summed E-state index contributed by atoms with van der Waals surface area (Å²) in [5.74, 6) is 0. The van der Waals surface area contributed by atoms with Crippen LogP contribution in [0.3, 0.4) is 0 Å². The normalized spacial score (nSPS) is 15.4. The Balaban J connectivity index is 2.03. The smallest absolute Gasteiger partial charge is 0.323 e. The summed E-state index contributed by atoms with van der Waals surface area (Å²) < 4.78 is 39.9. The SMILES string of the molecule is N#Cc1cc(C(F)(F)F)ccc1-n1ccsc1=NC(=O)N1CCCC1. The molecular weight excluding hydrogens is 353 g/mol. The second kappa shape index (κ2) is 6.72. The summed E-state index contributed by atoms with van der Waals surface area (Å²) in [4.78, 5) is 18.2. The van der Waals surface area contributed by atoms with Crippen molar-refractivity contribution in [2.75, 3.05) is 13.1 Å². The highest BCUT2D eigenvalue weighted by atomic mass is 32.1. The Morgan fingerprint density at radius 1 is 1.28 bits per heavy atom. The van der Waals surface area contributed by atoms with E-state index in [2.05, 4.69) is 4.99 Å². The Labute approximate surface area is 145 Å². The van der Waals surface area contributed by atoms with E-state index >= 15 is 0 Å². The minimum atomic E-state index is -4.53. The molecule has 1 saturated heterocycles. The minimum absolute atomic E-state index is 0.136. The lowest BCUT2D eigenvalue weighted by Gasteiger charge is -2.12. The fourth-order valence-corrected chi connectivity index (χ4v) is 3.32. The number of nitrogens with zero attached hydrogens (tertiary/aromatic N) is 4. The lowest BCUT2D eigenvalue weighted by Crippen LogP contribution is -2.27. The second-order valence-corrected chi connectivity index (χ2v) is 6.36. The van der Waals surface area contributed by atoms with Crippen LogP contribution in [0.1, 0.15) is 24.0 Å². The molecule has 1 fully saturated rings. The zero-order chi connectivity index (χ0) is 18.0. The van der Waals surface area contributed by atoms with Crippen molar-refractivity contribution in [2.24, 2.45) is 4.99 Å². The van der Waals surface area contributed by atoms with Gasteiger partial charge in [-0.1, -0.05) is 0 Å². The van der Waals surface area contributed by atoms with Gasteiger partial charge in [-0.05, 0) is 31.0 Å². The zero-order valence-corrected chi connectivity index (χ0v) is 13.8. The van der Waals surface area contributed by atoms with E-state index in [-0.39, 0.29) is 17.3 Å². The van der Waals surface area contributed by atoms with Gasteiger partial charge in [0, 0.05) is 24.7 Å². The number of halogens is 3. The molecule has 0 radical (unpaired) electrons. The number of aromatic nitrogens is 1. The Morgan fingerprint density at radius 2 is 2.00 bits per heavy atom. The Hall–Kier alpha value is -2.60. The molecule has 25 heavy (non-hydrogen) atoms. The van der Waals surface area contributed by atoms with Gasteiger partial charge in [0.25, 0.3) is 0 Å². The highest BCUT2D eigenvalue weighted by Gasteiger charge is 2.31. The molecule has 2 aromatic rings. The number of hydrogen-bond donors (Lipinski definition) is 0. The van der Waals surface area contributed by atoms with Gasteiger partial charge in [-0.2, -0.15) is 23.4 Å². The topological polar surface area (TPSA) is 61.4 Å². The number of nitriles is 1. The van der Waals surface area contributed by atoms with Crippen molar-refractivity contribution in [3.8, 4) is 11.8 Å². The van der Waals surface area contributed by atoms with Crippen LogP contribution in [0.4, 0.5) is 18.0 Å². The van der Waals surface area contributed by atoms with Crippen LogP contribution in [0.5, 0.6) is 0 Å². The van der Waals surface area contributed by atoms with E-state index in [4.69, 9.17) is 0 Å². The molecule has 5 nitrogen and oxygen atoms in total. The molecule has 0 bridgehead atoms. The first kappa shape index (κ1) is 17.2. The van der Waals surface area contributed by atoms with Gasteiger partial charge in [-0.25, -0.2) is 4.79 Å². The quantitative estimate of drug-likeness (QED) is 0.775. The van der Waals surface area contributed by atoms with Crippen LogP contribution in [0.25, 0.3) is 5.69 Å². The third-order valence-electron chi connectivity index (χ3n) is 3.86. The van der Waals surface area contributed by atoms with Crippen molar-refractivity contribution >= 4 is 17.4 Å². The molecule has 2 heterocycles. The van der Waals surface area contributed by atoms with Gasteiger partial charge in [0.2, 0.25) is 0 Å². The number of urea groups is 1. The maximum atomic E-state index is 12.8. The van der Waals surface area contributed by atoms with Crippen molar-refractivity contribution < 1.29 is 18.0 Å². The Bertz CT molecular complexity index is 901. The number of rotatable bonds is 1. The molecule has 1 aliphatic rings. The van der Waals surface area contributed by atoms with E-state index in [1.807, 2.05) is 0 Å². The first-order valence-electron chi connectivity index (χ1n) is 7.51. The van der Waals surface area contributed by atoms with E-state index in [9.17, 15) is 23.2 Å². The summed E-state index contributed by atoms with van der Waals surface area (Å²) in [5, 5.41) is 10.9. The highest BCUT2D eigenvalue weighted by molar-refractivity contribution is 7.07. The molecule has 0 saturated carbocycles. The first-order chi connectivity index (χ1) is 11.9. The molecule has 0 unspecified atom stereocenters. The van der Waals surface area contributed by atoms with Crippen LogP contribution in [-0.2, 0) is 6.18 Å². The number of thiazole rings is 1. The summed E-state index contributed by atoms with van der Waals surface area (Å²) in [5.41, 5.74) is -0.775. The van der Waals surface area contributed by atoms with Crippen LogP contribution >= 0.6 is 11.3 Å². The van der Waals surface area contributed by atoms with Crippen molar-refractivity contribution in [3.05, 3.63) is 45.7 Å². The molecule has 130 valence electrons. The standard InChI is InChI=1S/C16H13F3N4OS/c17-16(18,19)12-3-4-13(11(9-12)10-20)23-7-8-25-15(23)21-14(24)22-5-1-2-6-22/h3-4,7-9H,1-2,5-6H2. The molecular formula is C16H13F3N4OS. The molecule has 0 N–H and O–H groups in total. The number of amides is 2. The van der Waals surface area contributed by atoms with Crippen LogP contribution in [-0.4, -0.2) is 28.6 Å². The summed E-state index contributed by atoms with van der Waals surface area (Å²) in [7, 11) is 0. The van der Waals surface area contributed by atoms with E-state index in [1.54, 1.807) is 22.5 Å². The fraction of sp³-hybridized carbons (Fsp3) is 0.312. The average Bonchev–Trinajstić information content (AvgIpc) is 3.25. The second-order valence-electron chi connectivity index (χ2n) is 5.49. The monoisotopic (exact) mass is 366 g/mol. The molecule has 1 aromatic heterocycles. The van der Waals surface area contributed by atoms with Crippen molar-refractivity contribution in [2.45, 2.75) is 19.0 Å². The molecule has 9 heteroatoms. The Morgan fingerprint density at radius 3 is 2.64 bits per heavy atom. The lowest BCUT2D eigenvalue weighted by molar-refractivity contribution is -0.137. The van der Waals surface area contributed by atoms with E-state index in [1.165, 1.54) is 22.0 Å². The third-order valence-corrected chi connectivity index (χ3v) is 4.62. The predicted molar refractivity (Wildman–Crippen MR) is 85.1 cm³/mol. The van der Waals surface area contributed by atoms with Crippen molar-refractivity contribution in [3.63, 3.8) is 0 Å². The summed E-state index contributed by atoms with van der Waals surface area (Å²) in [6.45, 7) is 1.30. The Kier molecular flexibility index (Phi) is 4.63. The van der Waals surface area contributed by atoms with E-state index < -0.39 is 11.7 Å². The van der Waals surface area contributed by atoms with Crippen LogP contribution in [0.2, 0.25) is 0 Å². The van der Waals surface area contributed by atoms with Gasteiger partial charge in [-0.3, -0.25) is 4.57 Å². The zero-order valence-electron chi connectivity index (χ0n) is 13.0. The minimum Gasteiger partial charge on any atom is -0.323 e. The number of likely N-dealkylation sites (tertiary alicyclic amines) is 1. The van der Waals surface area contributed by atoms with Crippen molar-refractivity contribution in [1.82, 2.24) is 9.47 Å². The van der Waals surface area contributed by atoms with Gasteiger partial charge >= 0.3 is 12.2 Å². The summed E-state index contributed by atoms with van der Waals surface area (Å²) in [6.07, 6.45) is -1.08. The number of carbonyl (C=O) groups is 1. The maximum Gasteiger partial charge on any atom is 0.416 e. The van der Waals surface area contributed by atoms with Gasteiger partial charge < -0.3 is 4.90 Å². The molecule has 3 rings (SSSR count). The third kappa shape index (κ3) is 3.58.